The molecule has 0 aromatic carbocycles. The summed E-state index contributed by atoms with van der Waals surface area (Å²) < 4.78 is 40.1. The fourth-order valence-corrected chi connectivity index (χ4v) is 3.44. The van der Waals surface area contributed by atoms with Crippen molar-refractivity contribution in [1.82, 2.24) is 0 Å². The zero-order valence-corrected chi connectivity index (χ0v) is 11.1. The second kappa shape index (κ2) is 6.10. The highest BCUT2D eigenvalue weighted by Crippen LogP contribution is 2.57. The van der Waals surface area contributed by atoms with Crippen molar-refractivity contribution in [3.8, 4) is 0 Å². The minimum Gasteiger partial charge on any atom is -0.170 e. The van der Waals surface area contributed by atoms with Gasteiger partial charge in [0.15, 0.2) is 0 Å². The molecule has 0 N–H and O–H groups in total. The van der Waals surface area contributed by atoms with Gasteiger partial charge >= 0.3 is 6.18 Å². The van der Waals surface area contributed by atoms with Gasteiger partial charge in [0.1, 0.15) is 0 Å². The minimum atomic E-state index is -4.00. The first-order chi connectivity index (χ1) is 7.98. The van der Waals surface area contributed by atoms with Crippen LogP contribution in [0, 0.1) is 11.3 Å². The number of unbranched alkanes of at least 4 members (excludes halogenated alkanes) is 2. The third kappa shape index (κ3) is 3.17. The predicted molar refractivity (Wildman–Crippen MR) is 64.9 cm³/mol. The van der Waals surface area contributed by atoms with E-state index in [0.29, 0.717) is 19.3 Å². The summed E-state index contributed by atoms with van der Waals surface area (Å²) in [5.41, 5.74) is -1.35. The predicted octanol–water partition coefficient (Wildman–Crippen LogP) is 5.72. The summed E-state index contributed by atoms with van der Waals surface area (Å²) in [7, 11) is 0. The summed E-state index contributed by atoms with van der Waals surface area (Å²) in [6.45, 7) is 4.01. The number of hydrogen-bond donors (Lipinski definition) is 0. The largest absolute Gasteiger partial charge is 0.394 e. The van der Waals surface area contributed by atoms with Gasteiger partial charge in [0, 0.05) is 0 Å². The third-order valence-electron chi connectivity index (χ3n) is 4.49. The van der Waals surface area contributed by atoms with Crippen LogP contribution in [-0.4, -0.2) is 6.18 Å². The molecule has 1 rings (SSSR count). The molecule has 17 heavy (non-hydrogen) atoms. The van der Waals surface area contributed by atoms with Crippen LogP contribution in [0.1, 0.15) is 71.6 Å². The standard InChI is InChI=1S/C14H25F3/c1-3-5-6-9-12(4-2)13(14(15,16)17)10-7-8-11-13/h12H,3-11H2,1-2H3. The maximum Gasteiger partial charge on any atom is 0.394 e. The van der Waals surface area contributed by atoms with Gasteiger partial charge in [-0.1, -0.05) is 52.4 Å². The van der Waals surface area contributed by atoms with E-state index in [0.717, 1.165) is 38.5 Å². The summed E-state index contributed by atoms with van der Waals surface area (Å²) in [5.74, 6) is -0.156. The van der Waals surface area contributed by atoms with E-state index in [1.165, 1.54) is 0 Å². The third-order valence-corrected chi connectivity index (χ3v) is 4.49. The Labute approximate surface area is 103 Å². The first-order valence-electron chi connectivity index (χ1n) is 7.04. The van der Waals surface area contributed by atoms with Crippen molar-refractivity contribution in [3.63, 3.8) is 0 Å². The monoisotopic (exact) mass is 250 g/mol. The lowest BCUT2D eigenvalue weighted by molar-refractivity contribution is -0.242. The molecule has 1 saturated carbocycles. The van der Waals surface area contributed by atoms with E-state index in [1.54, 1.807) is 0 Å². The van der Waals surface area contributed by atoms with Gasteiger partial charge in [-0.25, -0.2) is 0 Å². The zero-order chi connectivity index (χ0) is 12.9. The first kappa shape index (κ1) is 14.8. The topological polar surface area (TPSA) is 0 Å². The highest BCUT2D eigenvalue weighted by molar-refractivity contribution is 4.95. The van der Waals surface area contributed by atoms with Gasteiger partial charge in [-0.3, -0.25) is 0 Å². The normalized spacial score (nSPS) is 21.7. The van der Waals surface area contributed by atoms with Gasteiger partial charge in [0.05, 0.1) is 5.41 Å². The van der Waals surface area contributed by atoms with Crippen LogP contribution in [0.4, 0.5) is 13.2 Å². The quantitative estimate of drug-likeness (QED) is 0.529. The fourth-order valence-electron chi connectivity index (χ4n) is 3.44. The molecule has 102 valence electrons. The van der Waals surface area contributed by atoms with Crippen LogP contribution in [-0.2, 0) is 0 Å². The molecule has 0 saturated heterocycles. The van der Waals surface area contributed by atoms with Crippen molar-refractivity contribution in [1.29, 1.82) is 0 Å². The Balaban J connectivity index is 2.73. The molecule has 0 aromatic rings. The summed E-state index contributed by atoms with van der Waals surface area (Å²) in [4.78, 5) is 0. The van der Waals surface area contributed by atoms with Gasteiger partial charge < -0.3 is 0 Å². The Morgan fingerprint density at radius 3 is 2.06 bits per heavy atom. The molecule has 0 aromatic heterocycles. The lowest BCUT2D eigenvalue weighted by Crippen LogP contribution is -2.42. The van der Waals surface area contributed by atoms with Crippen molar-refractivity contribution < 1.29 is 13.2 Å². The van der Waals surface area contributed by atoms with E-state index in [-0.39, 0.29) is 5.92 Å². The lowest BCUT2D eigenvalue weighted by Gasteiger charge is -2.39. The second-order valence-corrected chi connectivity index (χ2v) is 5.46. The molecule has 0 amide bonds. The van der Waals surface area contributed by atoms with Crippen LogP contribution in [0.2, 0.25) is 0 Å². The van der Waals surface area contributed by atoms with Crippen LogP contribution in [0.3, 0.4) is 0 Å². The second-order valence-electron chi connectivity index (χ2n) is 5.46. The van der Waals surface area contributed by atoms with Crippen LogP contribution >= 0.6 is 0 Å². The Hall–Kier alpha value is -0.210. The summed E-state index contributed by atoms with van der Waals surface area (Å²) >= 11 is 0. The van der Waals surface area contributed by atoms with E-state index in [9.17, 15) is 13.2 Å². The highest BCUT2D eigenvalue weighted by Gasteiger charge is 2.58. The molecule has 3 heteroatoms. The number of halogens is 3. The van der Waals surface area contributed by atoms with Gasteiger partial charge in [-0.2, -0.15) is 13.2 Å². The molecule has 0 heterocycles. The number of alkyl halides is 3. The number of hydrogen-bond acceptors (Lipinski definition) is 0. The first-order valence-corrected chi connectivity index (χ1v) is 7.04. The van der Waals surface area contributed by atoms with Crippen molar-refractivity contribution in [2.45, 2.75) is 77.8 Å². The van der Waals surface area contributed by atoms with E-state index in [4.69, 9.17) is 0 Å². The highest BCUT2D eigenvalue weighted by atomic mass is 19.4. The molecule has 1 atom stereocenters. The summed E-state index contributed by atoms with van der Waals surface area (Å²) in [6.07, 6.45) is 2.74. The van der Waals surface area contributed by atoms with Crippen LogP contribution in [0.15, 0.2) is 0 Å². The molecule has 1 aliphatic carbocycles. The Morgan fingerprint density at radius 1 is 1.06 bits per heavy atom. The van der Waals surface area contributed by atoms with Crippen molar-refractivity contribution in [2.24, 2.45) is 11.3 Å². The smallest absolute Gasteiger partial charge is 0.170 e. The molecule has 0 nitrogen and oxygen atoms in total. The van der Waals surface area contributed by atoms with E-state index in [2.05, 4.69) is 6.92 Å². The molecular weight excluding hydrogens is 225 g/mol. The fraction of sp³-hybridized carbons (Fsp3) is 1.00. The van der Waals surface area contributed by atoms with Gasteiger partial charge in [-0.05, 0) is 25.2 Å². The summed E-state index contributed by atoms with van der Waals surface area (Å²) in [5, 5.41) is 0. The minimum absolute atomic E-state index is 0.156. The Morgan fingerprint density at radius 2 is 1.65 bits per heavy atom. The Bertz CT molecular complexity index is 214. The number of rotatable bonds is 6. The van der Waals surface area contributed by atoms with E-state index in [1.807, 2.05) is 6.92 Å². The molecule has 0 aliphatic heterocycles. The molecule has 0 spiro atoms. The van der Waals surface area contributed by atoms with Gasteiger partial charge in [0.2, 0.25) is 0 Å². The van der Waals surface area contributed by atoms with Crippen molar-refractivity contribution in [3.05, 3.63) is 0 Å². The summed E-state index contributed by atoms with van der Waals surface area (Å²) in [6, 6.07) is 0. The maximum atomic E-state index is 13.4. The molecule has 0 bridgehead atoms. The average molecular weight is 250 g/mol. The van der Waals surface area contributed by atoms with Crippen LogP contribution in [0.25, 0.3) is 0 Å². The molecule has 1 unspecified atom stereocenters. The molecular formula is C14H25F3. The average Bonchev–Trinajstić information content (AvgIpc) is 2.74. The molecule has 1 aliphatic rings. The zero-order valence-electron chi connectivity index (χ0n) is 11.1. The molecule has 1 fully saturated rings. The van der Waals surface area contributed by atoms with Crippen LogP contribution < -0.4 is 0 Å². The van der Waals surface area contributed by atoms with E-state index < -0.39 is 11.6 Å². The maximum absolute atomic E-state index is 13.4. The van der Waals surface area contributed by atoms with Gasteiger partial charge in [-0.15, -0.1) is 0 Å². The van der Waals surface area contributed by atoms with Gasteiger partial charge in [0.25, 0.3) is 0 Å². The Kier molecular flexibility index (Phi) is 5.33. The SMILES string of the molecule is CCCCCC(CC)C1(C(F)(F)F)CCCC1. The molecule has 0 radical (unpaired) electrons. The lowest BCUT2D eigenvalue weighted by atomic mass is 9.70. The van der Waals surface area contributed by atoms with Crippen molar-refractivity contribution in [2.75, 3.05) is 0 Å². The van der Waals surface area contributed by atoms with Crippen molar-refractivity contribution >= 4 is 0 Å². The van der Waals surface area contributed by atoms with Crippen LogP contribution in [0.5, 0.6) is 0 Å². The van der Waals surface area contributed by atoms with E-state index >= 15 is 0 Å².